The molecule has 0 saturated heterocycles. The molecule has 1 aromatic carbocycles. The van der Waals surface area contributed by atoms with Crippen molar-refractivity contribution in [1.29, 1.82) is 0 Å². The number of thioether (sulfide) groups is 1. The van der Waals surface area contributed by atoms with Gasteiger partial charge in [-0.05, 0) is 37.0 Å². The zero-order chi connectivity index (χ0) is 13.2. The lowest BCUT2D eigenvalue weighted by Crippen LogP contribution is -2.14. The molecular weight excluding hydrogens is 268 g/mol. The van der Waals surface area contributed by atoms with Gasteiger partial charge in [0.2, 0.25) is 10.0 Å². The molecule has 0 spiro atoms. The van der Waals surface area contributed by atoms with Gasteiger partial charge >= 0.3 is 0 Å². The molecule has 1 saturated carbocycles. The first kappa shape index (κ1) is 13.7. The number of hydrogen-bond donors (Lipinski definition) is 2. The molecule has 0 aromatic heterocycles. The van der Waals surface area contributed by atoms with Crippen molar-refractivity contribution in [2.45, 2.75) is 35.5 Å². The minimum Gasteiger partial charge on any atom is -0.399 e. The second-order valence-electron chi connectivity index (χ2n) is 4.71. The van der Waals surface area contributed by atoms with Crippen LogP contribution in [0.1, 0.15) is 25.7 Å². The molecule has 4 N–H and O–H groups in total. The lowest BCUT2D eigenvalue weighted by atomic mass is 10.1. The summed E-state index contributed by atoms with van der Waals surface area (Å²) in [5.41, 5.74) is 6.03. The molecule has 0 amide bonds. The molecule has 0 heterocycles. The molecular formula is C12H18N2O2S2. The van der Waals surface area contributed by atoms with E-state index in [1.807, 2.05) is 0 Å². The lowest BCUT2D eigenvalue weighted by molar-refractivity contribution is 0.595. The standard InChI is InChI=1S/C12H18N2O2S2/c13-10-5-6-11(12(7-10)18(14,15)16)17-8-9-3-1-2-4-9/h5-7,9H,1-4,8,13H2,(H2,14,15,16). The van der Waals surface area contributed by atoms with Gasteiger partial charge < -0.3 is 5.73 Å². The summed E-state index contributed by atoms with van der Waals surface area (Å²) in [7, 11) is -3.70. The predicted molar refractivity (Wildman–Crippen MR) is 74.9 cm³/mol. The molecule has 1 aliphatic rings. The van der Waals surface area contributed by atoms with E-state index in [0.717, 1.165) is 5.75 Å². The van der Waals surface area contributed by atoms with Crippen LogP contribution in [0.3, 0.4) is 0 Å². The number of sulfonamides is 1. The van der Waals surface area contributed by atoms with Crippen LogP contribution in [-0.2, 0) is 10.0 Å². The van der Waals surface area contributed by atoms with Gasteiger partial charge in [0, 0.05) is 16.3 Å². The fraction of sp³-hybridized carbons (Fsp3) is 0.500. The van der Waals surface area contributed by atoms with Crippen molar-refractivity contribution in [3.63, 3.8) is 0 Å². The Morgan fingerprint density at radius 1 is 1.28 bits per heavy atom. The molecule has 0 bridgehead atoms. The van der Waals surface area contributed by atoms with Crippen LogP contribution in [0, 0.1) is 5.92 Å². The fourth-order valence-corrected chi connectivity index (χ4v) is 4.54. The maximum Gasteiger partial charge on any atom is 0.239 e. The number of nitrogen functional groups attached to an aromatic ring is 1. The first-order valence-electron chi connectivity index (χ1n) is 6.02. The summed E-state index contributed by atoms with van der Waals surface area (Å²) in [5.74, 6) is 1.65. The second-order valence-corrected chi connectivity index (χ2v) is 7.30. The van der Waals surface area contributed by atoms with Gasteiger partial charge in [-0.1, -0.05) is 12.8 Å². The topological polar surface area (TPSA) is 86.2 Å². The van der Waals surface area contributed by atoms with E-state index in [0.29, 0.717) is 16.5 Å². The fourth-order valence-electron chi connectivity index (χ4n) is 2.25. The van der Waals surface area contributed by atoms with Crippen molar-refractivity contribution < 1.29 is 8.42 Å². The molecule has 1 fully saturated rings. The minimum atomic E-state index is -3.70. The lowest BCUT2D eigenvalue weighted by Gasteiger charge is -2.11. The Morgan fingerprint density at radius 2 is 1.94 bits per heavy atom. The summed E-state index contributed by atoms with van der Waals surface area (Å²) in [6.07, 6.45) is 5.06. The number of primary sulfonamides is 1. The van der Waals surface area contributed by atoms with Crippen LogP contribution in [0.15, 0.2) is 28.0 Å². The summed E-state index contributed by atoms with van der Waals surface area (Å²) >= 11 is 1.57. The molecule has 1 aliphatic carbocycles. The summed E-state index contributed by atoms with van der Waals surface area (Å²) < 4.78 is 23.0. The quantitative estimate of drug-likeness (QED) is 0.656. The van der Waals surface area contributed by atoms with Crippen molar-refractivity contribution in [3.8, 4) is 0 Å². The molecule has 2 rings (SSSR count). The highest BCUT2D eigenvalue weighted by Crippen LogP contribution is 2.34. The number of benzene rings is 1. The van der Waals surface area contributed by atoms with Gasteiger partial charge in [-0.15, -0.1) is 11.8 Å². The largest absolute Gasteiger partial charge is 0.399 e. The molecule has 1 aromatic rings. The number of rotatable bonds is 4. The highest BCUT2D eigenvalue weighted by Gasteiger charge is 2.18. The monoisotopic (exact) mass is 286 g/mol. The van der Waals surface area contributed by atoms with Gasteiger partial charge in [-0.25, -0.2) is 13.6 Å². The Hall–Kier alpha value is -0.720. The third-order valence-corrected chi connectivity index (χ3v) is 5.61. The van der Waals surface area contributed by atoms with Gasteiger partial charge in [0.15, 0.2) is 0 Å². The van der Waals surface area contributed by atoms with E-state index in [4.69, 9.17) is 10.9 Å². The smallest absolute Gasteiger partial charge is 0.239 e. The van der Waals surface area contributed by atoms with Crippen LogP contribution in [0.2, 0.25) is 0 Å². The Balaban J connectivity index is 2.16. The highest BCUT2D eigenvalue weighted by atomic mass is 32.2. The molecule has 0 unspecified atom stereocenters. The Kier molecular flexibility index (Phi) is 4.19. The van der Waals surface area contributed by atoms with Crippen LogP contribution < -0.4 is 10.9 Å². The Morgan fingerprint density at radius 3 is 2.56 bits per heavy atom. The van der Waals surface area contributed by atoms with Crippen LogP contribution in [0.5, 0.6) is 0 Å². The molecule has 18 heavy (non-hydrogen) atoms. The van der Waals surface area contributed by atoms with Crippen LogP contribution in [-0.4, -0.2) is 14.2 Å². The first-order valence-corrected chi connectivity index (χ1v) is 8.55. The highest BCUT2D eigenvalue weighted by molar-refractivity contribution is 8.00. The SMILES string of the molecule is Nc1ccc(SCC2CCCC2)c(S(N)(=O)=O)c1. The van der Waals surface area contributed by atoms with Crippen molar-refractivity contribution >= 4 is 27.5 Å². The number of nitrogens with two attached hydrogens (primary N) is 2. The summed E-state index contributed by atoms with van der Waals surface area (Å²) in [4.78, 5) is 0.851. The van der Waals surface area contributed by atoms with Crippen molar-refractivity contribution in [2.75, 3.05) is 11.5 Å². The zero-order valence-corrected chi connectivity index (χ0v) is 11.8. The second kappa shape index (κ2) is 5.50. The third kappa shape index (κ3) is 3.40. The van der Waals surface area contributed by atoms with Crippen molar-refractivity contribution in [1.82, 2.24) is 0 Å². The van der Waals surface area contributed by atoms with Gasteiger partial charge in [-0.2, -0.15) is 0 Å². The number of hydrogen-bond acceptors (Lipinski definition) is 4. The maximum atomic E-state index is 11.5. The van der Waals surface area contributed by atoms with Crippen LogP contribution in [0.25, 0.3) is 0 Å². The van der Waals surface area contributed by atoms with Crippen LogP contribution in [0.4, 0.5) is 5.69 Å². The van der Waals surface area contributed by atoms with E-state index in [1.54, 1.807) is 23.9 Å². The molecule has 0 radical (unpaired) electrons. The van der Waals surface area contributed by atoms with E-state index < -0.39 is 10.0 Å². The summed E-state index contributed by atoms with van der Waals surface area (Å²) in [5, 5.41) is 5.21. The maximum absolute atomic E-state index is 11.5. The Bertz CT molecular complexity index is 523. The van der Waals surface area contributed by atoms with Gasteiger partial charge in [-0.3, -0.25) is 0 Å². The van der Waals surface area contributed by atoms with Gasteiger partial charge in [0.25, 0.3) is 0 Å². The van der Waals surface area contributed by atoms with Gasteiger partial charge in [0.05, 0.1) is 4.90 Å². The Labute approximate surface area is 112 Å². The molecule has 6 heteroatoms. The number of anilines is 1. The molecule has 4 nitrogen and oxygen atoms in total. The first-order chi connectivity index (χ1) is 8.47. The average molecular weight is 286 g/mol. The van der Waals surface area contributed by atoms with E-state index in [-0.39, 0.29) is 4.90 Å². The third-order valence-electron chi connectivity index (χ3n) is 3.22. The zero-order valence-electron chi connectivity index (χ0n) is 10.1. The van der Waals surface area contributed by atoms with E-state index in [1.165, 1.54) is 31.7 Å². The predicted octanol–water partition coefficient (Wildman–Crippen LogP) is 2.20. The molecule has 0 atom stereocenters. The normalized spacial score (nSPS) is 17.2. The summed E-state index contributed by atoms with van der Waals surface area (Å²) in [6.45, 7) is 0. The average Bonchev–Trinajstić information content (AvgIpc) is 2.79. The van der Waals surface area contributed by atoms with E-state index >= 15 is 0 Å². The minimum absolute atomic E-state index is 0.144. The van der Waals surface area contributed by atoms with Gasteiger partial charge in [0.1, 0.15) is 0 Å². The van der Waals surface area contributed by atoms with Crippen molar-refractivity contribution in [3.05, 3.63) is 18.2 Å². The summed E-state index contributed by atoms with van der Waals surface area (Å²) in [6, 6.07) is 4.90. The van der Waals surface area contributed by atoms with Crippen molar-refractivity contribution in [2.24, 2.45) is 11.1 Å². The van der Waals surface area contributed by atoms with E-state index in [9.17, 15) is 8.42 Å². The van der Waals surface area contributed by atoms with Crippen LogP contribution >= 0.6 is 11.8 Å². The van der Waals surface area contributed by atoms with E-state index in [2.05, 4.69) is 0 Å². The molecule has 100 valence electrons. The molecule has 0 aliphatic heterocycles.